The van der Waals surface area contributed by atoms with E-state index in [2.05, 4.69) is 32.3 Å². The lowest BCUT2D eigenvalue weighted by atomic mass is 10.1. The summed E-state index contributed by atoms with van der Waals surface area (Å²) in [5.74, 6) is 0.765. The molecule has 0 atom stereocenters. The Morgan fingerprint density at radius 1 is 0.968 bits per heavy atom. The topological polar surface area (TPSA) is 42.9 Å². The second-order valence-corrected chi connectivity index (χ2v) is 7.62. The molecule has 2 rings (SSSR count). The maximum Gasteiger partial charge on any atom is 0.416 e. The number of aliphatic imine (C=N–C) groups is 1. The summed E-state index contributed by atoms with van der Waals surface area (Å²) in [6, 6.07) is 5.34. The minimum Gasteiger partial charge on any atom is -0.357 e. The van der Waals surface area contributed by atoms with Gasteiger partial charge in [-0.2, -0.15) is 13.2 Å². The number of likely N-dealkylation sites (N-methyl/N-ethyl adjacent to an activating group) is 1. The summed E-state index contributed by atoms with van der Waals surface area (Å²) in [6.07, 6.45) is -1.46. The van der Waals surface area contributed by atoms with Crippen molar-refractivity contribution in [2.24, 2.45) is 4.99 Å². The van der Waals surface area contributed by atoms with E-state index < -0.39 is 11.7 Å². The molecule has 0 aromatic heterocycles. The average Bonchev–Trinajstić information content (AvgIpc) is 2.73. The number of hydrogen-bond donors (Lipinski definition) is 2. The predicted molar refractivity (Wildman–Crippen MR) is 132 cm³/mol. The largest absolute Gasteiger partial charge is 0.416 e. The van der Waals surface area contributed by atoms with Gasteiger partial charge in [0.25, 0.3) is 0 Å². The highest BCUT2D eigenvalue weighted by molar-refractivity contribution is 14.0. The maximum atomic E-state index is 12.6. The summed E-state index contributed by atoms with van der Waals surface area (Å²) in [5, 5.41) is 6.49. The number of alkyl halides is 3. The van der Waals surface area contributed by atoms with E-state index in [9.17, 15) is 13.2 Å². The van der Waals surface area contributed by atoms with E-state index in [0.29, 0.717) is 13.0 Å². The lowest BCUT2D eigenvalue weighted by Crippen LogP contribution is -2.46. The molecule has 1 heterocycles. The Kier molecular flexibility index (Phi) is 13.4. The standard InChI is InChI=1S/C22H36F3N5.HI/c1-3-26-21(27-12-5-6-14-30-17-15-29(4-2)16-18-30)28-13-11-19-7-9-20(10-8-19)22(23,24)25;/h7-10H,3-6,11-18H2,1-2H3,(H2,26,27,28);1H. The van der Waals surface area contributed by atoms with Crippen LogP contribution in [0.15, 0.2) is 29.3 Å². The van der Waals surface area contributed by atoms with Crippen molar-refractivity contribution in [3.05, 3.63) is 35.4 Å². The van der Waals surface area contributed by atoms with Crippen LogP contribution in [-0.2, 0) is 12.6 Å². The van der Waals surface area contributed by atoms with Crippen LogP contribution in [0.3, 0.4) is 0 Å². The van der Waals surface area contributed by atoms with Gasteiger partial charge < -0.3 is 20.4 Å². The van der Waals surface area contributed by atoms with Crippen molar-refractivity contribution in [1.82, 2.24) is 20.4 Å². The first kappa shape index (κ1) is 28.0. The second-order valence-electron chi connectivity index (χ2n) is 7.62. The van der Waals surface area contributed by atoms with E-state index in [-0.39, 0.29) is 24.0 Å². The van der Waals surface area contributed by atoms with Gasteiger partial charge in [0.15, 0.2) is 5.96 Å². The Balaban J connectivity index is 0.00000480. The summed E-state index contributed by atoms with van der Waals surface area (Å²) >= 11 is 0. The van der Waals surface area contributed by atoms with Crippen LogP contribution < -0.4 is 10.6 Å². The maximum absolute atomic E-state index is 12.6. The van der Waals surface area contributed by atoms with Gasteiger partial charge in [-0.05, 0) is 57.0 Å². The Morgan fingerprint density at radius 2 is 1.61 bits per heavy atom. The molecule has 178 valence electrons. The smallest absolute Gasteiger partial charge is 0.357 e. The molecule has 0 unspecified atom stereocenters. The molecule has 1 aliphatic heterocycles. The van der Waals surface area contributed by atoms with E-state index in [1.165, 1.54) is 25.2 Å². The fourth-order valence-corrected chi connectivity index (χ4v) is 3.49. The normalized spacial score (nSPS) is 16.1. The van der Waals surface area contributed by atoms with Gasteiger partial charge in [0.2, 0.25) is 0 Å². The molecular formula is C22H37F3IN5. The van der Waals surface area contributed by atoms with E-state index in [4.69, 9.17) is 0 Å². The highest BCUT2D eigenvalue weighted by Gasteiger charge is 2.29. The lowest BCUT2D eigenvalue weighted by Gasteiger charge is -2.33. The van der Waals surface area contributed by atoms with Gasteiger partial charge in [-0.1, -0.05) is 19.1 Å². The molecule has 0 bridgehead atoms. The van der Waals surface area contributed by atoms with Gasteiger partial charge >= 0.3 is 6.18 Å². The van der Waals surface area contributed by atoms with E-state index in [0.717, 1.165) is 75.8 Å². The van der Waals surface area contributed by atoms with E-state index in [1.807, 2.05) is 6.92 Å². The fourth-order valence-electron chi connectivity index (χ4n) is 3.49. The zero-order chi connectivity index (χ0) is 21.8. The predicted octanol–water partition coefficient (Wildman–Crippen LogP) is 3.84. The van der Waals surface area contributed by atoms with Crippen LogP contribution in [0.2, 0.25) is 0 Å². The van der Waals surface area contributed by atoms with Gasteiger partial charge in [0.1, 0.15) is 0 Å². The summed E-state index contributed by atoms with van der Waals surface area (Å²) in [5.41, 5.74) is 0.260. The molecular weight excluding hydrogens is 518 g/mol. The summed E-state index contributed by atoms with van der Waals surface area (Å²) in [6.45, 7) is 13.3. The third-order valence-electron chi connectivity index (χ3n) is 5.40. The molecule has 0 aliphatic carbocycles. The molecule has 9 heteroatoms. The molecule has 31 heavy (non-hydrogen) atoms. The van der Waals surface area contributed by atoms with Crippen LogP contribution >= 0.6 is 24.0 Å². The van der Waals surface area contributed by atoms with Crippen LogP contribution in [0.1, 0.15) is 37.8 Å². The molecule has 1 fully saturated rings. The number of piperazine rings is 1. The second kappa shape index (κ2) is 14.9. The third-order valence-corrected chi connectivity index (χ3v) is 5.40. The van der Waals surface area contributed by atoms with E-state index in [1.54, 1.807) is 0 Å². The van der Waals surface area contributed by atoms with Crippen molar-refractivity contribution >= 4 is 29.9 Å². The molecule has 5 nitrogen and oxygen atoms in total. The minimum absolute atomic E-state index is 0. The number of unbranched alkanes of at least 4 members (excludes halogenated alkanes) is 1. The highest BCUT2D eigenvalue weighted by Crippen LogP contribution is 2.29. The highest BCUT2D eigenvalue weighted by atomic mass is 127. The van der Waals surface area contributed by atoms with Crippen molar-refractivity contribution in [2.45, 2.75) is 39.3 Å². The molecule has 1 saturated heterocycles. The first-order valence-electron chi connectivity index (χ1n) is 11.1. The summed E-state index contributed by atoms with van der Waals surface area (Å²) < 4.78 is 37.9. The van der Waals surface area contributed by atoms with Gasteiger partial charge in [-0.25, -0.2) is 0 Å². The minimum atomic E-state index is -4.29. The first-order chi connectivity index (χ1) is 14.4. The molecule has 0 saturated carbocycles. The monoisotopic (exact) mass is 555 g/mol. The fraction of sp³-hybridized carbons (Fsp3) is 0.682. The zero-order valence-electron chi connectivity index (χ0n) is 18.7. The molecule has 2 N–H and O–H groups in total. The van der Waals surface area contributed by atoms with Crippen LogP contribution in [0.5, 0.6) is 0 Å². The SMILES string of the molecule is CCNC(=NCCCCN1CCN(CC)CC1)NCCc1ccc(C(F)(F)F)cc1.I. The Bertz CT molecular complexity index is 629. The van der Waals surface area contributed by atoms with Crippen molar-refractivity contribution in [3.8, 4) is 0 Å². The van der Waals surface area contributed by atoms with Crippen molar-refractivity contribution in [3.63, 3.8) is 0 Å². The number of nitrogens with zero attached hydrogens (tertiary/aromatic N) is 3. The number of hydrogen-bond acceptors (Lipinski definition) is 3. The van der Waals surface area contributed by atoms with Crippen molar-refractivity contribution in [2.75, 3.05) is 58.9 Å². The van der Waals surface area contributed by atoms with Crippen LogP contribution in [-0.4, -0.2) is 74.7 Å². The molecule has 1 aromatic rings. The van der Waals surface area contributed by atoms with E-state index >= 15 is 0 Å². The summed E-state index contributed by atoms with van der Waals surface area (Å²) in [4.78, 5) is 9.64. The number of nitrogens with one attached hydrogen (secondary N) is 2. The number of guanidine groups is 1. The summed E-state index contributed by atoms with van der Waals surface area (Å²) in [7, 11) is 0. The molecule has 0 spiro atoms. The van der Waals surface area contributed by atoms with Crippen molar-refractivity contribution in [1.29, 1.82) is 0 Å². The van der Waals surface area contributed by atoms with Gasteiger partial charge in [-0.3, -0.25) is 4.99 Å². The van der Waals surface area contributed by atoms with Gasteiger partial charge in [-0.15, -0.1) is 24.0 Å². The molecule has 1 aromatic carbocycles. The number of rotatable bonds is 10. The van der Waals surface area contributed by atoms with Crippen LogP contribution in [0.25, 0.3) is 0 Å². The van der Waals surface area contributed by atoms with Gasteiger partial charge in [0, 0.05) is 45.8 Å². The Morgan fingerprint density at radius 3 is 2.19 bits per heavy atom. The molecule has 1 aliphatic rings. The third kappa shape index (κ3) is 10.9. The lowest BCUT2D eigenvalue weighted by molar-refractivity contribution is -0.137. The molecule has 0 radical (unpaired) electrons. The van der Waals surface area contributed by atoms with Gasteiger partial charge in [0.05, 0.1) is 5.56 Å². The van der Waals surface area contributed by atoms with Crippen LogP contribution in [0, 0.1) is 0 Å². The Hall–Kier alpha value is -1.07. The quantitative estimate of drug-likeness (QED) is 0.199. The Labute approximate surface area is 201 Å². The van der Waals surface area contributed by atoms with Crippen LogP contribution in [0.4, 0.5) is 13.2 Å². The molecule has 0 amide bonds. The van der Waals surface area contributed by atoms with Crippen molar-refractivity contribution < 1.29 is 13.2 Å². The zero-order valence-corrected chi connectivity index (χ0v) is 21.0. The average molecular weight is 555 g/mol. The number of halogens is 4. The number of benzene rings is 1. The first-order valence-corrected chi connectivity index (χ1v) is 11.1.